The Morgan fingerprint density at radius 3 is 2.65 bits per heavy atom. The van der Waals surface area contributed by atoms with Crippen LogP contribution in [0, 0.1) is 17.7 Å². The molecule has 0 aliphatic carbocycles. The van der Waals surface area contributed by atoms with Crippen molar-refractivity contribution in [2.45, 2.75) is 0 Å². The molecule has 1 aliphatic heterocycles. The van der Waals surface area contributed by atoms with Crippen molar-refractivity contribution in [2.75, 3.05) is 13.1 Å². The van der Waals surface area contributed by atoms with Gasteiger partial charge in [0.15, 0.2) is 5.82 Å². The summed E-state index contributed by atoms with van der Waals surface area (Å²) in [4.78, 5) is 26.4. The molecule has 0 radical (unpaired) electrons. The van der Waals surface area contributed by atoms with Crippen LogP contribution in [0.25, 0.3) is 0 Å². The second-order valence-corrected chi connectivity index (χ2v) is 3.71. The number of aliphatic carboxylic acids is 1. The van der Waals surface area contributed by atoms with Crippen molar-refractivity contribution >= 4 is 11.9 Å². The zero-order valence-electron chi connectivity index (χ0n) is 8.56. The molecule has 2 rings (SSSR count). The lowest BCUT2D eigenvalue weighted by Gasteiger charge is -2.36. The van der Waals surface area contributed by atoms with Gasteiger partial charge in [0.1, 0.15) is 0 Å². The molecule has 0 aromatic carbocycles. The minimum atomic E-state index is -1.34. The first kappa shape index (κ1) is 11.4. The summed E-state index contributed by atoms with van der Waals surface area (Å²) in [5.41, 5.74) is -0.429. The number of carboxylic acids is 1. The molecule has 1 N–H and O–H groups in total. The number of carboxylic acid groups (broad SMARTS) is 1. The van der Waals surface area contributed by atoms with Crippen molar-refractivity contribution in [2.24, 2.45) is 5.92 Å². The number of carbonyl (C=O) groups is 2. The predicted octanol–water partition coefficient (Wildman–Crippen LogP) is 0.516. The van der Waals surface area contributed by atoms with Gasteiger partial charge >= 0.3 is 5.97 Å². The van der Waals surface area contributed by atoms with Crippen molar-refractivity contribution in [3.63, 3.8) is 0 Å². The van der Waals surface area contributed by atoms with E-state index >= 15 is 0 Å². The molecule has 1 fully saturated rings. The Morgan fingerprint density at radius 2 is 2.06 bits per heavy atom. The molecule has 1 amide bonds. The summed E-state index contributed by atoms with van der Waals surface area (Å²) in [6.07, 6.45) is 0.986. The highest BCUT2D eigenvalue weighted by Gasteiger charge is 2.37. The Labute approximate surface area is 94.7 Å². The molecule has 1 aliphatic rings. The molecule has 0 bridgehead atoms. The molecule has 0 saturated carbocycles. The second-order valence-electron chi connectivity index (χ2n) is 3.71. The molecule has 1 saturated heterocycles. The van der Waals surface area contributed by atoms with Crippen LogP contribution in [-0.2, 0) is 4.79 Å². The normalized spacial score (nSPS) is 15.5. The Bertz CT molecular complexity index is 486. The SMILES string of the molecule is O=C(O)C1CN(C(=O)c2ccnc(F)c2F)C1. The molecule has 1 aromatic heterocycles. The monoisotopic (exact) mass is 242 g/mol. The quantitative estimate of drug-likeness (QED) is 0.767. The third-order valence-electron chi connectivity index (χ3n) is 2.60. The Balaban J connectivity index is 2.12. The summed E-state index contributed by atoms with van der Waals surface area (Å²) < 4.78 is 26.0. The van der Waals surface area contributed by atoms with Crippen molar-refractivity contribution in [1.82, 2.24) is 9.88 Å². The maximum atomic E-state index is 13.2. The van der Waals surface area contributed by atoms with Gasteiger partial charge in [0, 0.05) is 19.3 Å². The van der Waals surface area contributed by atoms with Crippen molar-refractivity contribution in [3.05, 3.63) is 29.6 Å². The summed E-state index contributed by atoms with van der Waals surface area (Å²) in [5.74, 6) is -5.01. The molecular formula is C10H8F2N2O3. The Hall–Kier alpha value is -2.05. The van der Waals surface area contributed by atoms with E-state index in [1.807, 2.05) is 0 Å². The maximum absolute atomic E-state index is 13.2. The minimum absolute atomic E-state index is 0.0115. The Morgan fingerprint density at radius 1 is 1.41 bits per heavy atom. The number of pyridine rings is 1. The van der Waals surface area contributed by atoms with Gasteiger partial charge in [0.2, 0.25) is 5.95 Å². The lowest BCUT2D eigenvalue weighted by Crippen LogP contribution is -2.53. The summed E-state index contributed by atoms with van der Waals surface area (Å²) in [6.45, 7) is 0.0229. The van der Waals surface area contributed by atoms with Gasteiger partial charge in [-0.25, -0.2) is 9.37 Å². The number of hydrogen-bond acceptors (Lipinski definition) is 3. The zero-order valence-corrected chi connectivity index (χ0v) is 8.56. The summed E-state index contributed by atoms with van der Waals surface area (Å²) >= 11 is 0. The van der Waals surface area contributed by atoms with Crippen molar-refractivity contribution in [1.29, 1.82) is 0 Å². The number of halogens is 2. The topological polar surface area (TPSA) is 70.5 Å². The lowest BCUT2D eigenvalue weighted by atomic mass is 9.99. The number of rotatable bonds is 2. The number of aromatic nitrogens is 1. The number of likely N-dealkylation sites (tertiary alicyclic amines) is 1. The number of amides is 1. The molecule has 17 heavy (non-hydrogen) atoms. The smallest absolute Gasteiger partial charge is 0.310 e. The molecule has 0 spiro atoms. The summed E-state index contributed by atoms with van der Waals surface area (Å²) in [7, 11) is 0. The van der Waals surface area contributed by atoms with E-state index in [9.17, 15) is 18.4 Å². The number of carbonyl (C=O) groups excluding carboxylic acids is 1. The Kier molecular flexibility index (Phi) is 2.74. The van der Waals surface area contributed by atoms with Crippen LogP contribution in [0.1, 0.15) is 10.4 Å². The highest BCUT2D eigenvalue weighted by atomic mass is 19.2. The standard InChI is InChI=1S/C10H8F2N2O3/c11-7-6(1-2-13-8(7)12)9(15)14-3-5(4-14)10(16)17/h1-2,5H,3-4H2,(H,16,17). The number of nitrogens with zero attached hydrogens (tertiary/aromatic N) is 2. The fourth-order valence-electron chi connectivity index (χ4n) is 1.55. The van der Waals surface area contributed by atoms with E-state index in [0.29, 0.717) is 0 Å². The van der Waals surface area contributed by atoms with Crippen LogP contribution < -0.4 is 0 Å². The molecule has 90 valence electrons. The van der Waals surface area contributed by atoms with E-state index in [1.54, 1.807) is 0 Å². The summed E-state index contributed by atoms with van der Waals surface area (Å²) in [6, 6.07) is 1.06. The highest BCUT2D eigenvalue weighted by molar-refractivity contribution is 5.95. The van der Waals surface area contributed by atoms with E-state index in [-0.39, 0.29) is 13.1 Å². The van der Waals surface area contributed by atoms with Gasteiger partial charge in [-0.1, -0.05) is 0 Å². The van der Waals surface area contributed by atoms with Crippen LogP contribution in [0.15, 0.2) is 12.3 Å². The molecule has 5 nitrogen and oxygen atoms in total. The third kappa shape index (κ3) is 1.95. The van der Waals surface area contributed by atoms with Gasteiger partial charge in [-0.05, 0) is 6.07 Å². The van der Waals surface area contributed by atoms with Gasteiger partial charge < -0.3 is 10.0 Å². The lowest BCUT2D eigenvalue weighted by molar-refractivity contribution is -0.146. The summed E-state index contributed by atoms with van der Waals surface area (Å²) in [5, 5.41) is 8.62. The molecule has 1 aromatic rings. The molecule has 0 unspecified atom stereocenters. The molecule has 7 heteroatoms. The van der Waals surface area contributed by atoms with Crippen molar-refractivity contribution < 1.29 is 23.5 Å². The van der Waals surface area contributed by atoms with Gasteiger partial charge in [-0.3, -0.25) is 9.59 Å². The fraction of sp³-hybridized carbons (Fsp3) is 0.300. The van der Waals surface area contributed by atoms with Crippen LogP contribution >= 0.6 is 0 Å². The highest BCUT2D eigenvalue weighted by Crippen LogP contribution is 2.20. The average Bonchev–Trinajstić information content (AvgIpc) is 2.19. The first-order chi connectivity index (χ1) is 8.00. The average molecular weight is 242 g/mol. The van der Waals surface area contributed by atoms with Gasteiger partial charge in [-0.2, -0.15) is 4.39 Å². The fourth-order valence-corrected chi connectivity index (χ4v) is 1.55. The van der Waals surface area contributed by atoms with Gasteiger partial charge in [-0.15, -0.1) is 0 Å². The van der Waals surface area contributed by atoms with E-state index in [1.165, 1.54) is 0 Å². The minimum Gasteiger partial charge on any atom is -0.481 e. The van der Waals surface area contributed by atoms with E-state index in [0.717, 1.165) is 17.2 Å². The molecule has 0 atom stereocenters. The number of hydrogen-bond donors (Lipinski definition) is 1. The van der Waals surface area contributed by atoms with Crippen LogP contribution in [0.2, 0.25) is 0 Å². The van der Waals surface area contributed by atoms with E-state index in [2.05, 4.69) is 4.98 Å². The van der Waals surface area contributed by atoms with Crippen LogP contribution in [-0.4, -0.2) is 40.0 Å². The first-order valence-electron chi connectivity index (χ1n) is 4.82. The van der Waals surface area contributed by atoms with Gasteiger partial charge in [0.05, 0.1) is 11.5 Å². The maximum Gasteiger partial charge on any atom is 0.310 e. The second kappa shape index (κ2) is 4.08. The van der Waals surface area contributed by atoms with Crippen LogP contribution in [0.4, 0.5) is 8.78 Å². The van der Waals surface area contributed by atoms with Crippen LogP contribution in [0.5, 0.6) is 0 Å². The van der Waals surface area contributed by atoms with E-state index in [4.69, 9.17) is 5.11 Å². The molecule has 2 heterocycles. The molecular weight excluding hydrogens is 234 g/mol. The predicted molar refractivity (Wildman–Crippen MR) is 51.2 cm³/mol. The van der Waals surface area contributed by atoms with E-state index < -0.39 is 35.1 Å². The largest absolute Gasteiger partial charge is 0.481 e. The van der Waals surface area contributed by atoms with Gasteiger partial charge in [0.25, 0.3) is 5.91 Å². The third-order valence-corrected chi connectivity index (χ3v) is 2.60. The zero-order chi connectivity index (χ0) is 12.6. The first-order valence-corrected chi connectivity index (χ1v) is 4.82. The van der Waals surface area contributed by atoms with Crippen LogP contribution in [0.3, 0.4) is 0 Å². The van der Waals surface area contributed by atoms with Crippen molar-refractivity contribution in [3.8, 4) is 0 Å².